The summed E-state index contributed by atoms with van der Waals surface area (Å²) in [6.45, 7) is 1.29. The zero-order valence-corrected chi connectivity index (χ0v) is 12.7. The summed E-state index contributed by atoms with van der Waals surface area (Å²) in [5, 5.41) is 17.0. The third-order valence-corrected chi connectivity index (χ3v) is 4.11. The number of rotatable bonds is 2. The average Bonchev–Trinajstić information content (AvgIpc) is 2.93. The number of aliphatic imine (C=N–C) groups is 1. The average molecular weight is 327 g/mol. The van der Waals surface area contributed by atoms with E-state index in [1.54, 1.807) is 6.07 Å². The highest BCUT2D eigenvalue weighted by molar-refractivity contribution is 6.30. The van der Waals surface area contributed by atoms with E-state index < -0.39 is 4.92 Å². The molecule has 1 aliphatic heterocycles. The van der Waals surface area contributed by atoms with Gasteiger partial charge in [0, 0.05) is 28.1 Å². The van der Waals surface area contributed by atoms with E-state index in [0.717, 1.165) is 22.4 Å². The smallest absolute Gasteiger partial charge is 0.271 e. The lowest BCUT2D eigenvalue weighted by molar-refractivity contribution is -0.384. The standard InChI is InChI=1S/C16H11ClN4O2/c17-11-3-1-10(2-4-11)15-16-13-6-5-12(21(22)23)9-14(13)19-20(16)8-7-18-15/h1-6,9H,7-8H2. The molecule has 1 aromatic heterocycles. The van der Waals surface area contributed by atoms with Gasteiger partial charge in [-0.15, -0.1) is 0 Å². The van der Waals surface area contributed by atoms with Gasteiger partial charge >= 0.3 is 0 Å². The van der Waals surface area contributed by atoms with E-state index in [1.165, 1.54) is 12.1 Å². The molecule has 0 amide bonds. The van der Waals surface area contributed by atoms with Crippen molar-refractivity contribution in [3.8, 4) is 0 Å². The fourth-order valence-corrected chi connectivity index (χ4v) is 2.94. The molecule has 0 aliphatic carbocycles. The minimum atomic E-state index is -0.411. The summed E-state index contributed by atoms with van der Waals surface area (Å²) in [7, 11) is 0. The van der Waals surface area contributed by atoms with Crippen LogP contribution in [0.1, 0.15) is 11.3 Å². The second-order valence-corrected chi connectivity index (χ2v) is 5.70. The number of nitrogens with zero attached hydrogens (tertiary/aromatic N) is 4. The second kappa shape index (κ2) is 5.17. The summed E-state index contributed by atoms with van der Waals surface area (Å²) in [6, 6.07) is 12.2. The molecule has 0 radical (unpaired) electrons. The summed E-state index contributed by atoms with van der Waals surface area (Å²) in [5.41, 5.74) is 3.33. The van der Waals surface area contributed by atoms with Crippen LogP contribution in [0, 0.1) is 10.1 Å². The van der Waals surface area contributed by atoms with Crippen molar-refractivity contribution in [2.75, 3.05) is 6.54 Å². The van der Waals surface area contributed by atoms with Crippen molar-refractivity contribution >= 4 is 33.9 Å². The first kappa shape index (κ1) is 13.9. The van der Waals surface area contributed by atoms with Gasteiger partial charge in [0.15, 0.2) is 0 Å². The monoisotopic (exact) mass is 326 g/mol. The van der Waals surface area contributed by atoms with Gasteiger partial charge in [0.05, 0.1) is 34.9 Å². The van der Waals surface area contributed by atoms with Gasteiger partial charge in [-0.1, -0.05) is 23.7 Å². The molecule has 4 rings (SSSR count). The Balaban J connectivity index is 1.91. The van der Waals surface area contributed by atoms with Gasteiger partial charge in [0.1, 0.15) is 0 Å². The molecule has 2 aromatic carbocycles. The number of hydrogen-bond acceptors (Lipinski definition) is 4. The van der Waals surface area contributed by atoms with E-state index in [1.807, 2.05) is 28.9 Å². The lowest BCUT2D eigenvalue weighted by Gasteiger charge is -2.15. The van der Waals surface area contributed by atoms with Crippen molar-refractivity contribution in [3.05, 3.63) is 68.9 Å². The Hall–Kier alpha value is -2.73. The predicted octanol–water partition coefficient (Wildman–Crippen LogP) is 3.45. The second-order valence-electron chi connectivity index (χ2n) is 5.27. The minimum absolute atomic E-state index is 0.0397. The lowest BCUT2D eigenvalue weighted by Crippen LogP contribution is -2.20. The van der Waals surface area contributed by atoms with Crippen LogP contribution in [0.2, 0.25) is 5.02 Å². The molecular weight excluding hydrogens is 316 g/mol. The van der Waals surface area contributed by atoms with Crippen molar-refractivity contribution in [3.63, 3.8) is 0 Å². The van der Waals surface area contributed by atoms with Crippen LogP contribution < -0.4 is 0 Å². The van der Waals surface area contributed by atoms with Crippen LogP contribution in [0.3, 0.4) is 0 Å². The third-order valence-electron chi connectivity index (χ3n) is 3.86. The molecule has 7 heteroatoms. The molecule has 0 unspecified atom stereocenters. The molecule has 2 heterocycles. The highest BCUT2D eigenvalue weighted by Gasteiger charge is 2.22. The van der Waals surface area contributed by atoms with Gasteiger partial charge in [-0.25, -0.2) is 0 Å². The van der Waals surface area contributed by atoms with Crippen LogP contribution in [0.15, 0.2) is 47.5 Å². The first-order chi connectivity index (χ1) is 11.1. The maximum Gasteiger partial charge on any atom is 0.271 e. The zero-order chi connectivity index (χ0) is 16.0. The fourth-order valence-electron chi connectivity index (χ4n) is 2.81. The molecule has 0 saturated carbocycles. The number of benzene rings is 2. The van der Waals surface area contributed by atoms with Crippen molar-refractivity contribution in [1.82, 2.24) is 9.78 Å². The third kappa shape index (κ3) is 2.27. The summed E-state index contributed by atoms with van der Waals surface area (Å²) < 4.78 is 1.87. The maximum absolute atomic E-state index is 10.9. The van der Waals surface area contributed by atoms with Crippen molar-refractivity contribution in [2.24, 2.45) is 4.99 Å². The van der Waals surface area contributed by atoms with E-state index in [9.17, 15) is 10.1 Å². The topological polar surface area (TPSA) is 73.3 Å². The molecule has 0 bridgehead atoms. The Bertz CT molecular complexity index is 960. The highest BCUT2D eigenvalue weighted by Crippen LogP contribution is 2.27. The van der Waals surface area contributed by atoms with Crippen molar-refractivity contribution in [2.45, 2.75) is 6.54 Å². The van der Waals surface area contributed by atoms with E-state index in [0.29, 0.717) is 23.6 Å². The van der Waals surface area contributed by atoms with Gasteiger partial charge < -0.3 is 0 Å². The number of hydrogen-bond donors (Lipinski definition) is 0. The summed E-state index contributed by atoms with van der Waals surface area (Å²) >= 11 is 5.95. The SMILES string of the molecule is O=[N+]([O-])c1ccc2c3n(nc2c1)CCN=C3c1ccc(Cl)cc1. The summed E-state index contributed by atoms with van der Waals surface area (Å²) in [5.74, 6) is 0. The quantitative estimate of drug-likeness (QED) is 0.534. The van der Waals surface area contributed by atoms with Crippen molar-refractivity contribution < 1.29 is 4.92 Å². The number of aromatic nitrogens is 2. The van der Waals surface area contributed by atoms with Crippen LogP contribution in [0.5, 0.6) is 0 Å². The van der Waals surface area contributed by atoms with Crippen LogP contribution in [0.4, 0.5) is 5.69 Å². The molecule has 23 heavy (non-hydrogen) atoms. The van der Waals surface area contributed by atoms with Crippen LogP contribution >= 0.6 is 11.6 Å². The fraction of sp³-hybridized carbons (Fsp3) is 0.125. The predicted molar refractivity (Wildman–Crippen MR) is 88.3 cm³/mol. The van der Waals surface area contributed by atoms with E-state index in [2.05, 4.69) is 10.1 Å². The molecule has 0 fully saturated rings. The molecule has 6 nitrogen and oxygen atoms in total. The molecule has 114 valence electrons. The van der Waals surface area contributed by atoms with E-state index in [4.69, 9.17) is 11.6 Å². The number of fused-ring (bicyclic) bond motifs is 3. The van der Waals surface area contributed by atoms with Gasteiger partial charge in [-0.05, 0) is 18.2 Å². The molecule has 0 atom stereocenters. The number of halogens is 1. The number of non-ortho nitro benzene ring substituents is 1. The zero-order valence-electron chi connectivity index (χ0n) is 11.9. The van der Waals surface area contributed by atoms with E-state index >= 15 is 0 Å². The normalized spacial score (nSPS) is 13.7. The minimum Gasteiger partial charge on any atom is -0.281 e. The number of nitro groups is 1. The van der Waals surface area contributed by atoms with Crippen LogP contribution in [-0.2, 0) is 6.54 Å². The number of nitro benzene ring substituents is 1. The Morgan fingerprint density at radius 1 is 1.17 bits per heavy atom. The van der Waals surface area contributed by atoms with Gasteiger partial charge in [0.2, 0.25) is 0 Å². The Kier molecular flexibility index (Phi) is 3.12. The van der Waals surface area contributed by atoms with Crippen LogP contribution in [0.25, 0.3) is 10.9 Å². The highest BCUT2D eigenvalue weighted by atomic mass is 35.5. The molecule has 1 aliphatic rings. The molecular formula is C16H11ClN4O2. The molecule has 0 N–H and O–H groups in total. The molecule has 0 spiro atoms. The summed E-state index contributed by atoms with van der Waals surface area (Å²) in [4.78, 5) is 15.2. The van der Waals surface area contributed by atoms with Gasteiger partial charge in [-0.2, -0.15) is 5.10 Å². The largest absolute Gasteiger partial charge is 0.281 e. The first-order valence-corrected chi connectivity index (χ1v) is 7.47. The Morgan fingerprint density at radius 2 is 1.96 bits per heavy atom. The Labute approximate surface area is 136 Å². The van der Waals surface area contributed by atoms with Crippen molar-refractivity contribution in [1.29, 1.82) is 0 Å². The van der Waals surface area contributed by atoms with Crippen LogP contribution in [-0.4, -0.2) is 27.0 Å². The maximum atomic E-state index is 10.9. The van der Waals surface area contributed by atoms with Gasteiger partial charge in [-0.3, -0.25) is 19.8 Å². The molecule has 3 aromatic rings. The Morgan fingerprint density at radius 3 is 2.70 bits per heavy atom. The van der Waals surface area contributed by atoms with Gasteiger partial charge in [0.25, 0.3) is 5.69 Å². The first-order valence-electron chi connectivity index (χ1n) is 7.09. The lowest BCUT2D eigenvalue weighted by atomic mass is 10.0. The molecule has 0 saturated heterocycles. The summed E-state index contributed by atoms with van der Waals surface area (Å²) in [6.07, 6.45) is 0. The van der Waals surface area contributed by atoms with E-state index in [-0.39, 0.29) is 5.69 Å².